The normalized spacial score (nSPS) is 19.0. The van der Waals surface area contributed by atoms with E-state index < -0.39 is 10.0 Å². The Bertz CT molecular complexity index is 1160. The number of aryl methyl sites for hydroxylation is 1. The van der Waals surface area contributed by atoms with Crippen molar-refractivity contribution in [3.05, 3.63) is 59.9 Å². The van der Waals surface area contributed by atoms with Crippen LogP contribution < -0.4 is 4.74 Å². The molecule has 1 aromatic heterocycles. The SMILES string of the molecule is CCOc1ccc(CN([C@@H]2CCCC[C@H]2C)S(=O)(=O)c2ccc(-n3cnnn3)c(C)c2)cc1. The quantitative estimate of drug-likeness (QED) is 0.493. The molecule has 2 aromatic carbocycles. The van der Waals surface area contributed by atoms with Gasteiger partial charge in [-0.3, -0.25) is 0 Å². The third kappa shape index (κ3) is 5.09. The lowest BCUT2D eigenvalue weighted by Gasteiger charge is -2.38. The molecule has 0 saturated heterocycles. The number of ether oxygens (including phenoxy) is 1. The van der Waals surface area contributed by atoms with Crippen molar-refractivity contribution in [1.29, 1.82) is 0 Å². The third-order valence-electron chi connectivity index (χ3n) is 6.38. The minimum Gasteiger partial charge on any atom is -0.494 e. The Balaban J connectivity index is 1.68. The van der Waals surface area contributed by atoms with Crippen molar-refractivity contribution in [2.45, 2.75) is 63.9 Å². The second-order valence-electron chi connectivity index (χ2n) is 8.66. The van der Waals surface area contributed by atoms with Gasteiger partial charge in [0.15, 0.2) is 0 Å². The van der Waals surface area contributed by atoms with Crippen molar-refractivity contribution in [3.63, 3.8) is 0 Å². The zero-order chi connectivity index (χ0) is 23.4. The van der Waals surface area contributed by atoms with Gasteiger partial charge in [-0.15, -0.1) is 5.10 Å². The summed E-state index contributed by atoms with van der Waals surface area (Å²) in [6.07, 6.45) is 5.60. The molecule has 1 heterocycles. The van der Waals surface area contributed by atoms with Gasteiger partial charge in [-0.2, -0.15) is 4.31 Å². The Hall–Kier alpha value is -2.78. The number of sulfonamides is 1. The van der Waals surface area contributed by atoms with Crippen LogP contribution >= 0.6 is 0 Å². The van der Waals surface area contributed by atoms with Gasteiger partial charge in [0.1, 0.15) is 12.1 Å². The maximum atomic E-state index is 14.0. The van der Waals surface area contributed by atoms with Gasteiger partial charge in [-0.25, -0.2) is 13.1 Å². The number of tetrazole rings is 1. The highest BCUT2D eigenvalue weighted by atomic mass is 32.2. The zero-order valence-corrected chi connectivity index (χ0v) is 20.2. The Kier molecular flexibility index (Phi) is 7.09. The van der Waals surface area contributed by atoms with Crippen molar-refractivity contribution >= 4 is 10.0 Å². The zero-order valence-electron chi connectivity index (χ0n) is 19.4. The van der Waals surface area contributed by atoms with Crippen LogP contribution in [-0.2, 0) is 16.6 Å². The van der Waals surface area contributed by atoms with Crippen molar-refractivity contribution in [1.82, 2.24) is 24.5 Å². The molecule has 0 bridgehead atoms. The highest BCUT2D eigenvalue weighted by Gasteiger charge is 2.36. The van der Waals surface area contributed by atoms with Gasteiger partial charge in [0.2, 0.25) is 10.0 Å². The van der Waals surface area contributed by atoms with Crippen molar-refractivity contribution < 1.29 is 13.2 Å². The molecule has 8 nitrogen and oxygen atoms in total. The summed E-state index contributed by atoms with van der Waals surface area (Å²) in [5, 5.41) is 11.3. The lowest BCUT2D eigenvalue weighted by molar-refractivity contribution is 0.185. The molecular weight excluding hydrogens is 438 g/mol. The van der Waals surface area contributed by atoms with Crippen molar-refractivity contribution in [3.8, 4) is 11.4 Å². The number of hydrogen-bond acceptors (Lipinski definition) is 6. The summed E-state index contributed by atoms with van der Waals surface area (Å²) in [6, 6.07) is 12.8. The molecule has 0 radical (unpaired) electrons. The van der Waals surface area contributed by atoms with E-state index in [1.807, 2.05) is 38.1 Å². The average Bonchev–Trinajstić information content (AvgIpc) is 3.34. The maximum absolute atomic E-state index is 14.0. The topological polar surface area (TPSA) is 90.2 Å². The van der Waals surface area contributed by atoms with E-state index in [4.69, 9.17) is 4.74 Å². The summed E-state index contributed by atoms with van der Waals surface area (Å²) in [4.78, 5) is 0.292. The molecule has 2 atom stereocenters. The largest absolute Gasteiger partial charge is 0.494 e. The molecule has 0 spiro atoms. The van der Waals surface area contributed by atoms with Crippen LogP contribution in [0.25, 0.3) is 5.69 Å². The van der Waals surface area contributed by atoms with Crippen LogP contribution in [0.4, 0.5) is 0 Å². The van der Waals surface area contributed by atoms with E-state index in [0.717, 1.165) is 48.2 Å². The predicted molar refractivity (Wildman–Crippen MR) is 126 cm³/mol. The first-order valence-electron chi connectivity index (χ1n) is 11.5. The van der Waals surface area contributed by atoms with E-state index in [9.17, 15) is 8.42 Å². The Morgan fingerprint density at radius 3 is 2.52 bits per heavy atom. The third-order valence-corrected chi connectivity index (χ3v) is 8.25. The van der Waals surface area contributed by atoms with Crippen LogP contribution in [0.15, 0.2) is 53.7 Å². The minimum atomic E-state index is -3.72. The van der Waals surface area contributed by atoms with Gasteiger partial charge in [-0.1, -0.05) is 31.9 Å². The van der Waals surface area contributed by atoms with E-state index in [1.54, 1.807) is 22.5 Å². The van der Waals surface area contributed by atoms with E-state index in [0.29, 0.717) is 24.0 Å². The summed E-state index contributed by atoms with van der Waals surface area (Å²) in [7, 11) is -3.72. The number of nitrogens with zero attached hydrogens (tertiary/aromatic N) is 5. The second kappa shape index (κ2) is 10.0. The monoisotopic (exact) mass is 469 g/mol. The predicted octanol–water partition coefficient (Wildman–Crippen LogP) is 4.14. The van der Waals surface area contributed by atoms with Crippen LogP contribution in [0.3, 0.4) is 0 Å². The molecule has 4 rings (SSSR count). The summed E-state index contributed by atoms with van der Waals surface area (Å²) in [5.41, 5.74) is 2.49. The Labute approximate surface area is 195 Å². The molecule has 0 amide bonds. The summed E-state index contributed by atoms with van der Waals surface area (Å²) in [5.74, 6) is 1.09. The summed E-state index contributed by atoms with van der Waals surface area (Å²) >= 11 is 0. The number of aromatic nitrogens is 4. The van der Waals surface area contributed by atoms with Crippen LogP contribution in [0.2, 0.25) is 0 Å². The maximum Gasteiger partial charge on any atom is 0.243 e. The van der Waals surface area contributed by atoms with Gasteiger partial charge < -0.3 is 4.74 Å². The molecule has 1 fully saturated rings. The molecule has 0 N–H and O–H groups in total. The molecule has 1 aliphatic rings. The highest BCUT2D eigenvalue weighted by molar-refractivity contribution is 7.89. The van der Waals surface area contributed by atoms with Crippen molar-refractivity contribution in [2.24, 2.45) is 5.92 Å². The first-order chi connectivity index (χ1) is 15.9. The van der Waals surface area contributed by atoms with Gasteiger partial charge in [0, 0.05) is 12.6 Å². The smallest absolute Gasteiger partial charge is 0.243 e. The molecule has 3 aromatic rings. The molecule has 176 valence electrons. The lowest BCUT2D eigenvalue weighted by Crippen LogP contribution is -2.44. The molecule has 0 unspecified atom stereocenters. The minimum absolute atomic E-state index is 0.0326. The van der Waals surface area contributed by atoms with Gasteiger partial charge in [0.25, 0.3) is 0 Å². The second-order valence-corrected chi connectivity index (χ2v) is 10.5. The summed E-state index contributed by atoms with van der Waals surface area (Å²) in [6.45, 7) is 6.91. The van der Waals surface area contributed by atoms with Crippen LogP contribution in [0, 0.1) is 12.8 Å². The Morgan fingerprint density at radius 1 is 1.12 bits per heavy atom. The van der Waals surface area contributed by atoms with E-state index >= 15 is 0 Å². The van der Waals surface area contributed by atoms with E-state index in [2.05, 4.69) is 22.4 Å². The number of benzene rings is 2. The lowest BCUT2D eigenvalue weighted by atomic mass is 9.86. The fourth-order valence-electron chi connectivity index (χ4n) is 4.60. The van der Waals surface area contributed by atoms with Crippen LogP contribution in [0.5, 0.6) is 5.75 Å². The van der Waals surface area contributed by atoms with Gasteiger partial charge in [0.05, 0.1) is 17.2 Å². The first kappa shape index (κ1) is 23.4. The molecule has 0 aliphatic heterocycles. The van der Waals surface area contributed by atoms with Crippen molar-refractivity contribution in [2.75, 3.05) is 6.61 Å². The fraction of sp³-hybridized carbons (Fsp3) is 0.458. The standard InChI is InChI=1S/C24H31N5O3S/c1-4-32-21-11-9-20(10-12-21)16-29(24-8-6-5-7-18(24)2)33(30,31)22-13-14-23(19(3)15-22)28-17-25-26-27-28/h9-15,17-18,24H,4-8,16H2,1-3H3/t18-,24-/m1/s1. The molecule has 33 heavy (non-hydrogen) atoms. The average molecular weight is 470 g/mol. The van der Waals surface area contributed by atoms with Crippen LogP contribution in [-0.4, -0.2) is 45.6 Å². The highest BCUT2D eigenvalue weighted by Crippen LogP contribution is 2.34. The summed E-state index contributed by atoms with van der Waals surface area (Å²) < 4.78 is 36.7. The van der Waals surface area contributed by atoms with Crippen LogP contribution in [0.1, 0.15) is 50.7 Å². The molecular formula is C24H31N5O3S. The molecule has 1 saturated carbocycles. The van der Waals surface area contributed by atoms with E-state index in [1.165, 1.54) is 11.0 Å². The first-order valence-corrected chi connectivity index (χ1v) is 12.9. The molecule has 1 aliphatic carbocycles. The van der Waals surface area contributed by atoms with Gasteiger partial charge >= 0.3 is 0 Å². The molecule has 9 heteroatoms. The number of rotatable bonds is 8. The number of hydrogen-bond donors (Lipinski definition) is 0. The Morgan fingerprint density at radius 2 is 1.88 bits per heavy atom. The van der Waals surface area contributed by atoms with Gasteiger partial charge in [-0.05, 0) is 84.5 Å². The fourth-order valence-corrected chi connectivity index (χ4v) is 6.42. The van der Waals surface area contributed by atoms with E-state index in [-0.39, 0.29) is 6.04 Å².